The molecular formula is C29H44N2O4. The Morgan fingerprint density at radius 2 is 1.23 bits per heavy atom. The number of hydrogen-bond acceptors (Lipinski definition) is 6. The maximum Gasteiger partial charge on any atom is 0.332 e. The molecule has 35 heavy (non-hydrogen) atoms. The van der Waals surface area contributed by atoms with E-state index in [2.05, 4.69) is 16.9 Å². The third-order valence-electron chi connectivity index (χ3n) is 6.26. The average Bonchev–Trinajstić information content (AvgIpc) is 2.86. The van der Waals surface area contributed by atoms with Crippen molar-refractivity contribution < 1.29 is 19.1 Å². The van der Waals surface area contributed by atoms with E-state index in [0.29, 0.717) is 12.3 Å². The summed E-state index contributed by atoms with van der Waals surface area (Å²) in [4.78, 5) is 40.5. The standard InChI is InChI=1S/C29H44N2O4/c1-2-3-4-5-6-7-8-9-10-11-12-13-14-15-16-17-22-35-29(34)28(31-25-33)23-26-18-20-27(21-19-26)30-24-32/h18-21,28H,2-17,22-23H2,1H3. The number of esters is 1. The highest BCUT2D eigenvalue weighted by Crippen LogP contribution is 2.16. The second-order valence-electron chi connectivity index (χ2n) is 9.28. The van der Waals surface area contributed by atoms with Crippen LogP contribution in [0.25, 0.3) is 0 Å². The molecular weight excluding hydrogens is 440 g/mol. The third-order valence-corrected chi connectivity index (χ3v) is 6.26. The summed E-state index contributed by atoms with van der Waals surface area (Å²) in [5.74, 6) is -0.510. The smallest absolute Gasteiger partial charge is 0.332 e. The van der Waals surface area contributed by atoms with Gasteiger partial charge in [0, 0.05) is 6.42 Å². The Hall–Kier alpha value is -2.55. The second-order valence-corrected chi connectivity index (χ2v) is 9.28. The molecule has 0 aromatic heterocycles. The number of ether oxygens (including phenoxy) is 1. The molecule has 0 N–H and O–H groups in total. The third kappa shape index (κ3) is 16.7. The van der Waals surface area contributed by atoms with Gasteiger partial charge in [-0.15, -0.1) is 0 Å². The van der Waals surface area contributed by atoms with Gasteiger partial charge >= 0.3 is 5.97 Å². The highest BCUT2D eigenvalue weighted by atomic mass is 16.5. The van der Waals surface area contributed by atoms with E-state index in [9.17, 15) is 14.4 Å². The van der Waals surface area contributed by atoms with E-state index in [-0.39, 0.29) is 6.42 Å². The quantitative estimate of drug-likeness (QED) is 0.0730. The maximum absolute atomic E-state index is 12.3. The molecule has 0 radical (unpaired) electrons. The first-order valence-corrected chi connectivity index (χ1v) is 13.6. The van der Waals surface area contributed by atoms with Gasteiger partial charge in [-0.05, 0) is 24.1 Å². The summed E-state index contributed by atoms with van der Waals surface area (Å²) >= 11 is 0. The zero-order valence-electron chi connectivity index (χ0n) is 21.6. The van der Waals surface area contributed by atoms with Crippen LogP contribution in [0.1, 0.15) is 115 Å². The van der Waals surface area contributed by atoms with Gasteiger partial charge in [-0.1, -0.05) is 115 Å². The zero-order valence-corrected chi connectivity index (χ0v) is 21.6. The summed E-state index contributed by atoms with van der Waals surface area (Å²) in [6.07, 6.45) is 23.9. The average molecular weight is 485 g/mol. The van der Waals surface area contributed by atoms with E-state index in [4.69, 9.17) is 4.74 Å². The molecule has 0 saturated heterocycles. The number of isocyanates is 2. The first kappa shape index (κ1) is 30.5. The highest BCUT2D eigenvalue weighted by Gasteiger charge is 2.19. The maximum atomic E-state index is 12.3. The van der Waals surface area contributed by atoms with Crippen LogP contribution >= 0.6 is 0 Å². The van der Waals surface area contributed by atoms with Crippen LogP contribution in [0.2, 0.25) is 0 Å². The number of rotatable bonds is 22. The van der Waals surface area contributed by atoms with Crippen molar-refractivity contribution in [1.29, 1.82) is 0 Å². The van der Waals surface area contributed by atoms with Crippen LogP contribution in [0.4, 0.5) is 5.69 Å². The lowest BCUT2D eigenvalue weighted by Gasteiger charge is -2.11. The van der Waals surface area contributed by atoms with Crippen LogP contribution < -0.4 is 0 Å². The largest absolute Gasteiger partial charge is 0.464 e. The van der Waals surface area contributed by atoms with E-state index in [0.717, 1.165) is 24.8 Å². The molecule has 0 spiro atoms. The summed E-state index contributed by atoms with van der Waals surface area (Å²) in [7, 11) is 0. The molecule has 0 fully saturated rings. The number of carbonyl (C=O) groups is 1. The van der Waals surface area contributed by atoms with Crippen LogP contribution in [0, 0.1) is 0 Å². The first-order chi connectivity index (χ1) is 17.2. The number of nitrogens with zero attached hydrogens (tertiary/aromatic N) is 2. The topological polar surface area (TPSA) is 85.2 Å². The van der Waals surface area contributed by atoms with Crippen molar-refractivity contribution in [2.24, 2.45) is 9.98 Å². The van der Waals surface area contributed by atoms with E-state index >= 15 is 0 Å². The molecule has 194 valence electrons. The highest BCUT2D eigenvalue weighted by molar-refractivity contribution is 5.77. The Labute approximate surface area is 211 Å². The minimum atomic E-state index is -0.908. The van der Waals surface area contributed by atoms with Crippen molar-refractivity contribution in [2.45, 2.75) is 122 Å². The van der Waals surface area contributed by atoms with Crippen molar-refractivity contribution in [3.63, 3.8) is 0 Å². The zero-order chi connectivity index (χ0) is 25.4. The molecule has 0 aliphatic carbocycles. The molecule has 0 aliphatic heterocycles. The van der Waals surface area contributed by atoms with Crippen LogP contribution in [0.3, 0.4) is 0 Å². The van der Waals surface area contributed by atoms with Gasteiger partial charge < -0.3 is 4.74 Å². The fourth-order valence-electron chi connectivity index (χ4n) is 4.15. The van der Waals surface area contributed by atoms with E-state index in [1.165, 1.54) is 95.6 Å². The number of unbranched alkanes of at least 4 members (excludes halogenated alkanes) is 15. The van der Waals surface area contributed by atoms with Gasteiger partial charge in [0.05, 0.1) is 12.3 Å². The molecule has 1 unspecified atom stereocenters. The molecule has 6 nitrogen and oxygen atoms in total. The molecule has 0 heterocycles. The number of aliphatic imine (C=N–C) groups is 2. The molecule has 1 aromatic rings. The van der Waals surface area contributed by atoms with Gasteiger partial charge in [0.15, 0.2) is 6.04 Å². The Morgan fingerprint density at radius 3 is 1.69 bits per heavy atom. The Morgan fingerprint density at radius 1 is 0.743 bits per heavy atom. The Kier molecular flexibility index (Phi) is 19.1. The molecule has 0 amide bonds. The molecule has 1 aromatic carbocycles. The molecule has 0 bridgehead atoms. The van der Waals surface area contributed by atoms with Crippen molar-refractivity contribution in [1.82, 2.24) is 0 Å². The molecule has 1 atom stereocenters. The van der Waals surface area contributed by atoms with Gasteiger partial charge in [0.25, 0.3) is 0 Å². The normalized spacial score (nSPS) is 11.3. The molecule has 0 saturated carbocycles. The lowest BCUT2D eigenvalue weighted by molar-refractivity contribution is -0.145. The lowest BCUT2D eigenvalue weighted by atomic mass is 10.0. The Balaban J connectivity index is 2.03. The summed E-state index contributed by atoms with van der Waals surface area (Å²) in [6, 6.07) is 5.83. The number of carbonyl (C=O) groups excluding carboxylic acids is 3. The van der Waals surface area contributed by atoms with Crippen LogP contribution in [-0.2, 0) is 25.5 Å². The minimum absolute atomic E-state index is 0.234. The fraction of sp³-hybridized carbons (Fsp3) is 0.690. The predicted octanol–water partition coefficient (Wildman–Crippen LogP) is 7.71. The molecule has 0 aliphatic rings. The number of benzene rings is 1. The van der Waals surface area contributed by atoms with Gasteiger partial charge in [-0.2, -0.15) is 9.98 Å². The van der Waals surface area contributed by atoms with E-state index in [1.54, 1.807) is 24.3 Å². The SMILES string of the molecule is CCCCCCCCCCCCCCCCCCOC(=O)C(Cc1ccc(N=C=O)cc1)N=C=O. The van der Waals surface area contributed by atoms with E-state index < -0.39 is 12.0 Å². The van der Waals surface area contributed by atoms with Gasteiger partial charge in [-0.25, -0.2) is 14.4 Å². The van der Waals surface area contributed by atoms with Crippen molar-refractivity contribution in [2.75, 3.05) is 6.61 Å². The molecule has 1 rings (SSSR count). The number of hydrogen-bond donors (Lipinski definition) is 0. The van der Waals surface area contributed by atoms with Gasteiger partial charge in [0.2, 0.25) is 12.2 Å². The second kappa shape index (κ2) is 21.9. The van der Waals surface area contributed by atoms with Crippen LogP contribution in [0.5, 0.6) is 0 Å². The molecule has 6 heteroatoms. The summed E-state index contributed by atoms with van der Waals surface area (Å²) in [6.45, 7) is 2.61. The van der Waals surface area contributed by atoms with Crippen molar-refractivity contribution >= 4 is 23.8 Å². The lowest BCUT2D eigenvalue weighted by Crippen LogP contribution is -2.24. The monoisotopic (exact) mass is 484 g/mol. The minimum Gasteiger partial charge on any atom is -0.464 e. The predicted molar refractivity (Wildman–Crippen MR) is 140 cm³/mol. The summed E-state index contributed by atoms with van der Waals surface area (Å²) < 4.78 is 5.33. The van der Waals surface area contributed by atoms with Gasteiger partial charge in [-0.3, -0.25) is 0 Å². The van der Waals surface area contributed by atoms with Crippen LogP contribution in [0.15, 0.2) is 34.3 Å². The van der Waals surface area contributed by atoms with Crippen molar-refractivity contribution in [3.8, 4) is 0 Å². The van der Waals surface area contributed by atoms with E-state index in [1.807, 2.05) is 0 Å². The Bertz CT molecular complexity index is 765. The first-order valence-electron chi connectivity index (χ1n) is 13.6. The summed E-state index contributed by atoms with van der Waals surface area (Å²) in [5, 5.41) is 0. The van der Waals surface area contributed by atoms with Crippen LogP contribution in [-0.4, -0.2) is 30.8 Å². The van der Waals surface area contributed by atoms with Crippen molar-refractivity contribution in [3.05, 3.63) is 29.8 Å². The van der Waals surface area contributed by atoms with Gasteiger partial charge in [0.1, 0.15) is 0 Å². The fourth-order valence-corrected chi connectivity index (χ4v) is 4.15. The summed E-state index contributed by atoms with van der Waals surface area (Å²) in [5.41, 5.74) is 1.27.